The molecule has 0 fully saturated rings. The molecule has 0 aliphatic carbocycles. The highest BCUT2D eigenvalue weighted by Crippen LogP contribution is 2.08. The monoisotopic (exact) mass is 267 g/mol. The summed E-state index contributed by atoms with van der Waals surface area (Å²) in [6.07, 6.45) is 0. The summed E-state index contributed by atoms with van der Waals surface area (Å²) in [6.45, 7) is 5.31. The molecule has 1 aromatic rings. The zero-order valence-corrected chi connectivity index (χ0v) is 11.2. The van der Waals surface area contributed by atoms with E-state index >= 15 is 0 Å². The van der Waals surface area contributed by atoms with Crippen LogP contribution in [0.15, 0.2) is 24.3 Å². The van der Waals surface area contributed by atoms with Gasteiger partial charge in [0.2, 0.25) is 0 Å². The lowest BCUT2D eigenvalue weighted by atomic mass is 10.1. The van der Waals surface area contributed by atoms with E-state index in [9.17, 15) is 4.79 Å². The molecule has 5 heteroatoms. The van der Waals surface area contributed by atoms with Crippen molar-refractivity contribution in [1.82, 2.24) is 4.90 Å². The number of hydrogen-bond acceptors (Lipinski definition) is 4. The van der Waals surface area contributed by atoms with E-state index in [-0.39, 0.29) is 6.61 Å². The molecule has 1 rings (SSSR count). The molecule has 0 aromatic heterocycles. The van der Waals surface area contributed by atoms with Crippen molar-refractivity contribution < 1.29 is 19.7 Å². The van der Waals surface area contributed by atoms with Gasteiger partial charge >= 0.3 is 5.97 Å². The molecule has 0 saturated carbocycles. The van der Waals surface area contributed by atoms with E-state index in [4.69, 9.17) is 14.9 Å². The molecule has 0 saturated heterocycles. The molecule has 1 aromatic carbocycles. The zero-order chi connectivity index (χ0) is 14.1. The Balaban J connectivity index is 2.50. The van der Waals surface area contributed by atoms with Gasteiger partial charge in [-0.2, -0.15) is 0 Å². The van der Waals surface area contributed by atoms with Crippen molar-refractivity contribution in [3.8, 4) is 0 Å². The molecular weight excluding hydrogens is 246 g/mol. The standard InChI is InChI=1S/C14H21NO4/c1-2-15(6-8-19-9-7-16)11-12-4-3-5-13(10-12)14(17)18/h3-5,10,16H,2,6-9,11H2,1H3,(H,17,18). The van der Waals surface area contributed by atoms with E-state index in [1.165, 1.54) is 0 Å². The summed E-state index contributed by atoms with van der Waals surface area (Å²) < 4.78 is 5.23. The Hall–Kier alpha value is -1.43. The smallest absolute Gasteiger partial charge is 0.335 e. The molecule has 0 radical (unpaired) electrons. The molecule has 0 spiro atoms. The van der Waals surface area contributed by atoms with Gasteiger partial charge in [0, 0.05) is 13.1 Å². The number of benzene rings is 1. The maximum Gasteiger partial charge on any atom is 0.335 e. The van der Waals surface area contributed by atoms with Crippen molar-refractivity contribution in [2.24, 2.45) is 0 Å². The number of carbonyl (C=O) groups is 1. The summed E-state index contributed by atoms with van der Waals surface area (Å²) in [5, 5.41) is 17.6. The van der Waals surface area contributed by atoms with Crippen molar-refractivity contribution in [2.75, 3.05) is 32.9 Å². The van der Waals surface area contributed by atoms with Crippen molar-refractivity contribution in [1.29, 1.82) is 0 Å². The van der Waals surface area contributed by atoms with Gasteiger partial charge in [-0.05, 0) is 24.2 Å². The van der Waals surface area contributed by atoms with Crippen molar-refractivity contribution in [3.63, 3.8) is 0 Å². The van der Waals surface area contributed by atoms with E-state index in [0.717, 1.165) is 18.7 Å². The Bertz CT molecular complexity index is 395. The van der Waals surface area contributed by atoms with Gasteiger partial charge in [-0.1, -0.05) is 19.1 Å². The van der Waals surface area contributed by atoms with Crippen molar-refractivity contribution in [2.45, 2.75) is 13.5 Å². The van der Waals surface area contributed by atoms with Gasteiger partial charge in [-0.15, -0.1) is 0 Å². The van der Waals surface area contributed by atoms with Gasteiger partial charge in [0.1, 0.15) is 0 Å². The van der Waals surface area contributed by atoms with Crippen LogP contribution in [0, 0.1) is 0 Å². The molecule has 0 bridgehead atoms. The number of hydrogen-bond donors (Lipinski definition) is 2. The summed E-state index contributed by atoms with van der Waals surface area (Å²) in [7, 11) is 0. The average Bonchev–Trinajstić information content (AvgIpc) is 2.42. The second-order valence-electron chi connectivity index (χ2n) is 4.21. The van der Waals surface area contributed by atoms with E-state index in [0.29, 0.717) is 25.3 Å². The summed E-state index contributed by atoms with van der Waals surface area (Å²) in [5.41, 5.74) is 1.29. The first-order valence-corrected chi connectivity index (χ1v) is 6.40. The molecular formula is C14H21NO4. The van der Waals surface area contributed by atoms with Gasteiger partial charge in [0.05, 0.1) is 25.4 Å². The Morgan fingerprint density at radius 2 is 2.16 bits per heavy atom. The van der Waals surface area contributed by atoms with Crippen LogP contribution in [0.25, 0.3) is 0 Å². The number of ether oxygens (including phenoxy) is 1. The lowest BCUT2D eigenvalue weighted by molar-refractivity contribution is 0.0695. The molecule has 0 heterocycles. The number of aromatic carboxylic acids is 1. The molecule has 2 N–H and O–H groups in total. The molecule has 5 nitrogen and oxygen atoms in total. The number of carboxylic acid groups (broad SMARTS) is 1. The predicted octanol–water partition coefficient (Wildman–Crippen LogP) is 1.22. The largest absolute Gasteiger partial charge is 0.478 e. The highest BCUT2D eigenvalue weighted by Gasteiger charge is 2.07. The van der Waals surface area contributed by atoms with Crippen LogP contribution in [0.3, 0.4) is 0 Å². The van der Waals surface area contributed by atoms with Crippen LogP contribution in [0.5, 0.6) is 0 Å². The van der Waals surface area contributed by atoms with Crippen LogP contribution in [-0.2, 0) is 11.3 Å². The molecule has 0 unspecified atom stereocenters. The first-order chi connectivity index (χ1) is 9.17. The SMILES string of the molecule is CCN(CCOCCO)Cc1cccc(C(=O)O)c1. The molecule has 19 heavy (non-hydrogen) atoms. The quantitative estimate of drug-likeness (QED) is 0.658. The fourth-order valence-electron chi connectivity index (χ4n) is 1.77. The van der Waals surface area contributed by atoms with Crippen LogP contribution in [0.1, 0.15) is 22.8 Å². The molecule has 0 amide bonds. The van der Waals surface area contributed by atoms with E-state index in [2.05, 4.69) is 4.90 Å². The van der Waals surface area contributed by atoms with E-state index in [1.807, 2.05) is 13.0 Å². The summed E-state index contributed by atoms with van der Waals surface area (Å²) in [5.74, 6) is -0.906. The second-order valence-corrected chi connectivity index (χ2v) is 4.21. The van der Waals surface area contributed by atoms with Crippen LogP contribution < -0.4 is 0 Å². The van der Waals surface area contributed by atoms with E-state index < -0.39 is 5.97 Å². The summed E-state index contributed by atoms with van der Waals surface area (Å²) in [4.78, 5) is 13.1. The lowest BCUT2D eigenvalue weighted by Crippen LogP contribution is -2.27. The first-order valence-electron chi connectivity index (χ1n) is 6.40. The fraction of sp³-hybridized carbons (Fsp3) is 0.500. The lowest BCUT2D eigenvalue weighted by Gasteiger charge is -2.20. The first kappa shape index (κ1) is 15.6. The highest BCUT2D eigenvalue weighted by atomic mass is 16.5. The van der Waals surface area contributed by atoms with Gasteiger partial charge in [-0.3, -0.25) is 4.90 Å². The molecule has 0 atom stereocenters. The highest BCUT2D eigenvalue weighted by molar-refractivity contribution is 5.87. The average molecular weight is 267 g/mol. The maximum atomic E-state index is 10.9. The Labute approximate surface area is 113 Å². The van der Waals surface area contributed by atoms with Gasteiger partial charge in [0.25, 0.3) is 0 Å². The van der Waals surface area contributed by atoms with Crippen molar-refractivity contribution >= 4 is 5.97 Å². The minimum atomic E-state index is -0.906. The zero-order valence-electron chi connectivity index (χ0n) is 11.2. The topological polar surface area (TPSA) is 70.0 Å². The summed E-state index contributed by atoms with van der Waals surface area (Å²) in [6, 6.07) is 6.96. The summed E-state index contributed by atoms with van der Waals surface area (Å²) >= 11 is 0. The third kappa shape index (κ3) is 5.83. The van der Waals surface area contributed by atoms with Gasteiger partial charge < -0.3 is 14.9 Å². The molecule has 0 aliphatic rings. The minimum Gasteiger partial charge on any atom is -0.478 e. The molecule has 106 valence electrons. The number of likely N-dealkylation sites (N-methyl/N-ethyl adjacent to an activating group) is 1. The number of aliphatic hydroxyl groups is 1. The fourth-order valence-corrected chi connectivity index (χ4v) is 1.77. The Morgan fingerprint density at radius 3 is 2.79 bits per heavy atom. The number of carboxylic acids is 1. The van der Waals surface area contributed by atoms with Gasteiger partial charge in [0.15, 0.2) is 0 Å². The second kappa shape index (κ2) is 8.63. The molecule has 0 aliphatic heterocycles. The van der Waals surface area contributed by atoms with E-state index in [1.54, 1.807) is 18.2 Å². The maximum absolute atomic E-state index is 10.9. The number of aliphatic hydroxyl groups excluding tert-OH is 1. The normalized spacial score (nSPS) is 10.9. The minimum absolute atomic E-state index is 0.0345. The number of rotatable bonds is 9. The Morgan fingerprint density at radius 1 is 1.37 bits per heavy atom. The van der Waals surface area contributed by atoms with Crippen LogP contribution in [0.2, 0.25) is 0 Å². The van der Waals surface area contributed by atoms with Crippen LogP contribution in [-0.4, -0.2) is 54.0 Å². The Kier molecular flexibility index (Phi) is 7.10. The van der Waals surface area contributed by atoms with Crippen LogP contribution >= 0.6 is 0 Å². The van der Waals surface area contributed by atoms with Crippen molar-refractivity contribution in [3.05, 3.63) is 35.4 Å². The predicted molar refractivity (Wildman–Crippen MR) is 72.3 cm³/mol. The van der Waals surface area contributed by atoms with Gasteiger partial charge in [-0.25, -0.2) is 4.79 Å². The van der Waals surface area contributed by atoms with Crippen LogP contribution in [0.4, 0.5) is 0 Å². The third-order valence-electron chi connectivity index (χ3n) is 2.81. The number of nitrogens with zero attached hydrogens (tertiary/aromatic N) is 1. The third-order valence-corrected chi connectivity index (χ3v) is 2.81.